The van der Waals surface area contributed by atoms with Gasteiger partial charge in [0.15, 0.2) is 0 Å². The lowest BCUT2D eigenvalue weighted by Crippen LogP contribution is -2.23. The van der Waals surface area contributed by atoms with Gasteiger partial charge in [0.25, 0.3) is 11.6 Å². The third-order valence-electron chi connectivity index (χ3n) is 5.94. The number of Topliss-reactive ketones (excluding diaryl/α,β-unsaturated/α-hetero) is 2. The fraction of sp³-hybridized carbons (Fsp3) is 0.133. The molecule has 0 spiro atoms. The molecule has 0 amide bonds. The molecule has 0 aromatic heterocycles. The molecule has 0 fully saturated rings. The van der Waals surface area contributed by atoms with Gasteiger partial charge in [0, 0.05) is 11.1 Å². The number of alkyl halides is 6. The Kier molecular flexibility index (Phi) is 8.01. The van der Waals surface area contributed by atoms with Crippen molar-refractivity contribution in [2.24, 2.45) is 0 Å². The largest absolute Gasteiger partial charge is 0.454 e. The third-order valence-corrected chi connectivity index (χ3v) is 5.94. The lowest BCUT2D eigenvalue weighted by Gasteiger charge is -2.27. The van der Waals surface area contributed by atoms with Gasteiger partial charge >= 0.3 is 12.4 Å². The summed E-state index contributed by atoms with van der Waals surface area (Å²) in [4.78, 5) is 23.3. The summed E-state index contributed by atoms with van der Waals surface area (Å²) in [7, 11) is 0. The summed E-state index contributed by atoms with van der Waals surface area (Å²) in [6.07, 6.45) is -11.7. The highest BCUT2D eigenvalue weighted by Gasteiger charge is 2.40. The number of ketones is 2. The minimum Gasteiger partial charge on any atom is -0.356 e. The van der Waals surface area contributed by atoms with Crippen molar-refractivity contribution in [3.63, 3.8) is 0 Å². The van der Waals surface area contributed by atoms with E-state index in [1.807, 2.05) is 0 Å². The molecule has 200 valence electrons. The summed E-state index contributed by atoms with van der Waals surface area (Å²) in [5.41, 5.74) is 1.15. The van der Waals surface area contributed by atoms with Crippen molar-refractivity contribution in [3.05, 3.63) is 143 Å². The van der Waals surface area contributed by atoms with Crippen molar-refractivity contribution >= 4 is 11.6 Å². The van der Waals surface area contributed by atoms with Gasteiger partial charge in [0.2, 0.25) is 0 Å². The highest BCUT2D eigenvalue weighted by atomic mass is 19.4. The van der Waals surface area contributed by atoms with Gasteiger partial charge in [-0.2, -0.15) is 26.3 Å². The van der Waals surface area contributed by atoms with E-state index in [0.717, 1.165) is 24.3 Å². The van der Waals surface area contributed by atoms with E-state index in [0.29, 0.717) is 22.3 Å². The number of carbonyl (C=O) groups excluding carboxylic acids is 2. The molecule has 3 nitrogen and oxygen atoms in total. The van der Waals surface area contributed by atoms with E-state index in [4.69, 9.17) is 4.74 Å². The normalized spacial score (nSPS) is 13.5. The number of carbonyl (C=O) groups is 2. The Morgan fingerprint density at radius 3 is 1.03 bits per heavy atom. The molecular formula is C30H20F6O3. The molecule has 0 aliphatic carbocycles. The molecule has 0 heterocycles. The summed E-state index contributed by atoms with van der Waals surface area (Å²) in [6.45, 7) is 0. The van der Waals surface area contributed by atoms with Gasteiger partial charge in [-0.05, 0) is 22.3 Å². The average molecular weight is 542 g/mol. The van der Waals surface area contributed by atoms with Crippen molar-refractivity contribution in [2.75, 3.05) is 0 Å². The first-order chi connectivity index (χ1) is 18.4. The predicted octanol–water partition coefficient (Wildman–Crippen LogP) is 8.07. The molecule has 9 heteroatoms. The van der Waals surface area contributed by atoms with Crippen LogP contribution < -0.4 is 0 Å². The van der Waals surface area contributed by atoms with Crippen LogP contribution in [-0.2, 0) is 4.74 Å². The van der Waals surface area contributed by atoms with Crippen molar-refractivity contribution in [3.8, 4) is 0 Å². The molecule has 4 aromatic rings. The Hall–Kier alpha value is -4.24. The molecule has 4 rings (SSSR count). The maximum atomic E-state index is 12.9. The number of rotatable bonds is 8. The zero-order chi connectivity index (χ0) is 28.2. The van der Waals surface area contributed by atoms with Gasteiger partial charge in [-0.15, -0.1) is 0 Å². The highest BCUT2D eigenvalue weighted by molar-refractivity contribution is 6.00. The first-order valence-corrected chi connectivity index (χ1v) is 11.6. The summed E-state index contributed by atoms with van der Waals surface area (Å²) in [5.74, 6) is -3.94. The summed E-state index contributed by atoms with van der Waals surface area (Å²) < 4.78 is 83.9. The number of hydrogen-bond donors (Lipinski definition) is 0. The van der Waals surface area contributed by atoms with Crippen LogP contribution in [0.1, 0.15) is 55.2 Å². The van der Waals surface area contributed by atoms with Crippen LogP contribution in [-0.4, -0.2) is 23.9 Å². The van der Waals surface area contributed by atoms with E-state index in [1.165, 1.54) is 24.3 Å². The Morgan fingerprint density at radius 1 is 0.462 bits per heavy atom. The van der Waals surface area contributed by atoms with Gasteiger partial charge in [-0.3, -0.25) is 9.59 Å². The molecule has 0 aliphatic heterocycles. The fourth-order valence-corrected chi connectivity index (χ4v) is 4.04. The minimum atomic E-state index is -5.02. The molecule has 0 saturated heterocycles. The zero-order valence-corrected chi connectivity index (χ0v) is 20.0. The smallest absolute Gasteiger partial charge is 0.356 e. The van der Waals surface area contributed by atoms with E-state index in [2.05, 4.69) is 0 Å². The number of ether oxygens (including phenoxy) is 1. The van der Waals surface area contributed by atoms with Crippen LogP contribution in [0.5, 0.6) is 0 Å². The molecule has 0 radical (unpaired) electrons. The van der Waals surface area contributed by atoms with Crippen LogP contribution in [0.2, 0.25) is 0 Å². The van der Waals surface area contributed by atoms with E-state index in [1.54, 1.807) is 60.7 Å². The van der Waals surface area contributed by atoms with Crippen molar-refractivity contribution in [1.82, 2.24) is 0 Å². The number of halogens is 6. The van der Waals surface area contributed by atoms with E-state index >= 15 is 0 Å². The first-order valence-electron chi connectivity index (χ1n) is 11.6. The molecule has 2 atom stereocenters. The Balaban J connectivity index is 1.74. The van der Waals surface area contributed by atoms with Gasteiger partial charge in [0.05, 0.1) is 0 Å². The molecule has 0 bridgehead atoms. The second kappa shape index (κ2) is 11.2. The van der Waals surface area contributed by atoms with Crippen LogP contribution in [0, 0.1) is 0 Å². The third kappa shape index (κ3) is 6.61. The van der Waals surface area contributed by atoms with Gasteiger partial charge < -0.3 is 4.74 Å². The van der Waals surface area contributed by atoms with Gasteiger partial charge in [0.1, 0.15) is 12.2 Å². The van der Waals surface area contributed by atoms with E-state index in [-0.39, 0.29) is 0 Å². The number of benzene rings is 4. The predicted molar refractivity (Wildman–Crippen MR) is 131 cm³/mol. The molecule has 4 aromatic carbocycles. The molecular weight excluding hydrogens is 522 g/mol. The molecule has 0 saturated carbocycles. The topological polar surface area (TPSA) is 43.4 Å². The molecule has 2 unspecified atom stereocenters. The van der Waals surface area contributed by atoms with Crippen molar-refractivity contribution in [1.29, 1.82) is 0 Å². The summed E-state index contributed by atoms with van der Waals surface area (Å²) in [6, 6.07) is 27.3. The summed E-state index contributed by atoms with van der Waals surface area (Å²) >= 11 is 0. The van der Waals surface area contributed by atoms with Gasteiger partial charge in [-0.25, -0.2) is 0 Å². The summed E-state index contributed by atoms with van der Waals surface area (Å²) in [5, 5.41) is 0. The highest BCUT2D eigenvalue weighted by Crippen LogP contribution is 2.37. The number of hydrogen-bond acceptors (Lipinski definition) is 3. The Bertz CT molecular complexity index is 1300. The van der Waals surface area contributed by atoms with E-state index < -0.39 is 47.3 Å². The van der Waals surface area contributed by atoms with Crippen LogP contribution in [0.25, 0.3) is 0 Å². The SMILES string of the molecule is O=C(c1ccc(C(OC(c2ccccc2)c2ccc(C(=O)C(F)(F)F)cc2)c2ccccc2)cc1)C(F)(F)F. The fourth-order valence-electron chi connectivity index (χ4n) is 4.04. The molecule has 0 N–H and O–H groups in total. The second-order valence-electron chi connectivity index (χ2n) is 8.62. The standard InChI is InChI=1S/C30H20F6O3/c31-29(32,33)27(37)23-15-11-21(12-16-23)25(19-7-3-1-4-8-19)39-26(20-9-5-2-6-10-20)22-13-17-24(18-14-22)28(38)30(34,35)36/h1-18,25-26H. The van der Waals surface area contributed by atoms with Crippen molar-refractivity contribution < 1.29 is 40.7 Å². The maximum Gasteiger partial charge on any atom is 0.454 e. The van der Waals surface area contributed by atoms with E-state index in [9.17, 15) is 35.9 Å². The second-order valence-corrected chi connectivity index (χ2v) is 8.62. The van der Waals surface area contributed by atoms with Crippen LogP contribution in [0.3, 0.4) is 0 Å². The van der Waals surface area contributed by atoms with Crippen LogP contribution >= 0.6 is 0 Å². The maximum absolute atomic E-state index is 12.9. The minimum absolute atomic E-state index is 0.449. The lowest BCUT2D eigenvalue weighted by molar-refractivity contribution is -0.0888. The van der Waals surface area contributed by atoms with Crippen LogP contribution in [0.4, 0.5) is 26.3 Å². The average Bonchev–Trinajstić information content (AvgIpc) is 2.93. The Morgan fingerprint density at radius 2 is 0.744 bits per heavy atom. The zero-order valence-electron chi connectivity index (χ0n) is 20.0. The quantitative estimate of drug-likeness (QED) is 0.167. The lowest BCUT2D eigenvalue weighted by atomic mass is 9.96. The van der Waals surface area contributed by atoms with Crippen LogP contribution in [0.15, 0.2) is 109 Å². The monoisotopic (exact) mass is 542 g/mol. The molecule has 39 heavy (non-hydrogen) atoms. The Labute approximate surface area is 219 Å². The molecule has 0 aliphatic rings. The van der Waals surface area contributed by atoms with Gasteiger partial charge in [-0.1, -0.05) is 109 Å². The first kappa shape index (κ1) is 27.8. The van der Waals surface area contributed by atoms with Crippen molar-refractivity contribution in [2.45, 2.75) is 24.6 Å².